The van der Waals surface area contributed by atoms with Gasteiger partial charge in [0.1, 0.15) is 12.4 Å². The Balaban J connectivity index is 0.00000364. The number of carbonyl (C=O) groups is 1. The standard InChI is InChI=1S/C19H26FN5O.HI/c1-13(2)10-23-19(24-12-18(26)25(3)4)21-8-7-14-11-22-17-9-15(20)5-6-16(14)17;/h5-6,9,11,22H,1,7-8,10,12H2,2-4H3,(H2,21,23,24);1H. The van der Waals surface area contributed by atoms with Crippen molar-refractivity contribution < 1.29 is 9.18 Å². The minimum Gasteiger partial charge on any atom is -0.361 e. The first kappa shape index (κ1) is 22.9. The zero-order valence-electron chi connectivity index (χ0n) is 15.9. The van der Waals surface area contributed by atoms with Gasteiger partial charge in [0.05, 0.1) is 0 Å². The molecular weight excluding hydrogens is 460 g/mol. The van der Waals surface area contributed by atoms with Crippen molar-refractivity contribution in [2.45, 2.75) is 13.3 Å². The molecule has 0 aliphatic carbocycles. The fourth-order valence-electron chi connectivity index (χ4n) is 2.38. The predicted molar refractivity (Wildman–Crippen MR) is 119 cm³/mol. The van der Waals surface area contributed by atoms with Crippen molar-refractivity contribution in [1.29, 1.82) is 0 Å². The number of hydrogen-bond acceptors (Lipinski definition) is 2. The number of carbonyl (C=O) groups excluding carboxylic acids is 1. The van der Waals surface area contributed by atoms with Crippen LogP contribution in [0.2, 0.25) is 0 Å². The lowest BCUT2D eigenvalue weighted by molar-refractivity contribution is -0.127. The number of hydrogen-bond donors (Lipinski definition) is 3. The minimum atomic E-state index is -0.256. The molecule has 0 saturated heterocycles. The van der Waals surface area contributed by atoms with Crippen LogP contribution in [0.3, 0.4) is 0 Å². The largest absolute Gasteiger partial charge is 0.361 e. The lowest BCUT2D eigenvalue weighted by Gasteiger charge is -2.13. The van der Waals surface area contributed by atoms with Crippen molar-refractivity contribution in [3.8, 4) is 0 Å². The number of guanidine groups is 1. The number of halogens is 2. The molecule has 1 amide bonds. The quantitative estimate of drug-likeness (QED) is 0.244. The van der Waals surface area contributed by atoms with Gasteiger partial charge in [-0.1, -0.05) is 12.2 Å². The molecule has 148 valence electrons. The lowest BCUT2D eigenvalue weighted by Crippen LogP contribution is -2.40. The molecule has 1 aromatic carbocycles. The van der Waals surface area contributed by atoms with E-state index in [-0.39, 0.29) is 42.2 Å². The van der Waals surface area contributed by atoms with Gasteiger partial charge in [0.25, 0.3) is 0 Å². The Hall–Kier alpha value is -2.10. The van der Waals surface area contributed by atoms with E-state index in [1.807, 2.05) is 13.1 Å². The lowest BCUT2D eigenvalue weighted by atomic mass is 10.1. The molecule has 2 aromatic rings. The molecule has 1 aromatic heterocycles. The summed E-state index contributed by atoms with van der Waals surface area (Å²) in [4.78, 5) is 20.6. The molecule has 0 spiro atoms. The number of likely N-dealkylation sites (N-methyl/N-ethyl adjacent to an activating group) is 1. The topological polar surface area (TPSA) is 72.5 Å². The summed E-state index contributed by atoms with van der Waals surface area (Å²) in [5.41, 5.74) is 2.85. The average Bonchev–Trinajstić information content (AvgIpc) is 2.98. The summed E-state index contributed by atoms with van der Waals surface area (Å²) in [7, 11) is 3.40. The van der Waals surface area contributed by atoms with Crippen molar-refractivity contribution in [3.63, 3.8) is 0 Å². The second kappa shape index (κ2) is 10.9. The van der Waals surface area contributed by atoms with Crippen molar-refractivity contribution in [2.24, 2.45) is 4.99 Å². The smallest absolute Gasteiger partial charge is 0.243 e. The van der Waals surface area contributed by atoms with E-state index in [4.69, 9.17) is 0 Å². The molecule has 2 rings (SSSR count). The third kappa shape index (κ3) is 7.20. The maximum Gasteiger partial charge on any atom is 0.243 e. The predicted octanol–water partition coefficient (Wildman–Crippen LogP) is 2.67. The summed E-state index contributed by atoms with van der Waals surface area (Å²) >= 11 is 0. The van der Waals surface area contributed by atoms with Crippen molar-refractivity contribution in [3.05, 3.63) is 47.9 Å². The molecule has 0 fully saturated rings. The van der Waals surface area contributed by atoms with E-state index in [0.29, 0.717) is 19.0 Å². The van der Waals surface area contributed by atoms with E-state index in [9.17, 15) is 9.18 Å². The van der Waals surface area contributed by atoms with Gasteiger partial charge in [-0.05, 0) is 37.1 Å². The van der Waals surface area contributed by atoms with Crippen LogP contribution in [-0.4, -0.2) is 55.5 Å². The molecule has 0 aliphatic rings. The Morgan fingerprint density at radius 1 is 1.33 bits per heavy atom. The van der Waals surface area contributed by atoms with Crippen LogP contribution in [0, 0.1) is 5.82 Å². The first-order valence-corrected chi connectivity index (χ1v) is 8.49. The molecule has 3 N–H and O–H groups in total. The molecule has 1 heterocycles. The van der Waals surface area contributed by atoms with Gasteiger partial charge in [0, 0.05) is 44.3 Å². The molecule has 0 radical (unpaired) electrons. The number of fused-ring (bicyclic) bond motifs is 1. The van der Waals surface area contributed by atoms with Gasteiger partial charge in [-0.2, -0.15) is 0 Å². The van der Waals surface area contributed by atoms with Crippen LogP contribution < -0.4 is 10.6 Å². The third-order valence-corrected chi connectivity index (χ3v) is 3.85. The van der Waals surface area contributed by atoms with Crippen LogP contribution in [0.1, 0.15) is 12.5 Å². The number of aromatic nitrogens is 1. The molecule has 27 heavy (non-hydrogen) atoms. The number of nitrogens with zero attached hydrogens (tertiary/aromatic N) is 2. The van der Waals surface area contributed by atoms with E-state index in [1.54, 1.807) is 20.2 Å². The summed E-state index contributed by atoms with van der Waals surface area (Å²) in [6, 6.07) is 4.72. The molecular formula is C19H27FIN5O. The number of rotatable bonds is 7. The van der Waals surface area contributed by atoms with E-state index in [2.05, 4.69) is 27.2 Å². The van der Waals surface area contributed by atoms with Crippen LogP contribution >= 0.6 is 24.0 Å². The second-order valence-corrected chi connectivity index (χ2v) is 6.44. The highest BCUT2D eigenvalue weighted by atomic mass is 127. The molecule has 8 heteroatoms. The number of nitrogens with one attached hydrogen (secondary N) is 3. The number of amides is 1. The third-order valence-electron chi connectivity index (χ3n) is 3.85. The number of H-pyrrole nitrogens is 1. The molecule has 0 saturated carbocycles. The molecule has 0 aliphatic heterocycles. The highest BCUT2D eigenvalue weighted by Gasteiger charge is 2.07. The maximum atomic E-state index is 13.3. The van der Waals surface area contributed by atoms with Crippen LogP contribution in [0.15, 0.2) is 41.5 Å². The fraction of sp³-hybridized carbons (Fsp3) is 0.368. The van der Waals surface area contributed by atoms with Gasteiger partial charge in [0.2, 0.25) is 5.91 Å². The molecule has 0 bridgehead atoms. The Morgan fingerprint density at radius 3 is 2.74 bits per heavy atom. The zero-order chi connectivity index (χ0) is 19.1. The van der Waals surface area contributed by atoms with E-state index in [0.717, 1.165) is 28.5 Å². The summed E-state index contributed by atoms with van der Waals surface area (Å²) in [6.45, 7) is 7.05. The van der Waals surface area contributed by atoms with Crippen molar-refractivity contribution >= 4 is 46.7 Å². The Bertz CT molecular complexity index is 816. The first-order valence-electron chi connectivity index (χ1n) is 8.49. The Morgan fingerprint density at radius 2 is 2.07 bits per heavy atom. The number of aliphatic imine (C=N–C) groups is 1. The highest BCUT2D eigenvalue weighted by Crippen LogP contribution is 2.19. The van der Waals surface area contributed by atoms with Gasteiger partial charge in [-0.3, -0.25) is 4.79 Å². The van der Waals surface area contributed by atoms with Gasteiger partial charge in [-0.15, -0.1) is 24.0 Å². The summed E-state index contributed by atoms with van der Waals surface area (Å²) in [5.74, 6) is 0.238. The van der Waals surface area contributed by atoms with E-state index in [1.165, 1.54) is 17.0 Å². The second-order valence-electron chi connectivity index (χ2n) is 6.44. The normalized spacial score (nSPS) is 11.0. The van der Waals surface area contributed by atoms with Gasteiger partial charge in [0.15, 0.2) is 5.96 Å². The summed E-state index contributed by atoms with van der Waals surface area (Å²) in [6.07, 6.45) is 2.63. The van der Waals surface area contributed by atoms with E-state index >= 15 is 0 Å². The van der Waals surface area contributed by atoms with Crippen molar-refractivity contribution in [2.75, 3.05) is 33.7 Å². The Kier molecular flexibility index (Phi) is 9.27. The van der Waals surface area contributed by atoms with E-state index < -0.39 is 0 Å². The monoisotopic (exact) mass is 487 g/mol. The first-order chi connectivity index (χ1) is 12.4. The SMILES string of the molecule is C=C(C)CNC(=NCC(=O)N(C)C)NCCc1c[nH]c2cc(F)ccc12.I. The maximum absolute atomic E-state index is 13.3. The summed E-state index contributed by atoms with van der Waals surface area (Å²) < 4.78 is 13.3. The fourth-order valence-corrected chi connectivity index (χ4v) is 2.38. The minimum absolute atomic E-state index is 0. The van der Waals surface area contributed by atoms with Crippen LogP contribution in [-0.2, 0) is 11.2 Å². The number of benzene rings is 1. The van der Waals surface area contributed by atoms with Crippen LogP contribution in [0.4, 0.5) is 4.39 Å². The molecule has 6 nitrogen and oxygen atoms in total. The van der Waals surface area contributed by atoms with Crippen molar-refractivity contribution in [1.82, 2.24) is 20.5 Å². The average molecular weight is 487 g/mol. The number of aromatic amines is 1. The van der Waals surface area contributed by atoms with Gasteiger partial charge >= 0.3 is 0 Å². The molecule has 0 atom stereocenters. The van der Waals surface area contributed by atoms with Crippen LogP contribution in [0.25, 0.3) is 10.9 Å². The summed E-state index contributed by atoms with van der Waals surface area (Å²) in [5, 5.41) is 7.38. The van der Waals surface area contributed by atoms with Crippen LogP contribution in [0.5, 0.6) is 0 Å². The van der Waals surface area contributed by atoms with Gasteiger partial charge in [-0.25, -0.2) is 9.38 Å². The Labute approximate surface area is 176 Å². The molecule has 0 unspecified atom stereocenters. The van der Waals surface area contributed by atoms with Gasteiger partial charge < -0.3 is 20.5 Å². The zero-order valence-corrected chi connectivity index (χ0v) is 18.3. The highest BCUT2D eigenvalue weighted by molar-refractivity contribution is 14.0.